The van der Waals surface area contributed by atoms with Crippen molar-refractivity contribution in [3.8, 4) is 0 Å². The van der Waals surface area contributed by atoms with Crippen molar-refractivity contribution < 1.29 is 19.5 Å². The third kappa shape index (κ3) is 5.06. The number of carbonyl (C=O) groups is 1. The van der Waals surface area contributed by atoms with E-state index in [1.54, 1.807) is 21.0 Å². The molecule has 72 valence electrons. The van der Waals surface area contributed by atoms with Crippen LogP contribution in [0.5, 0.6) is 0 Å². The van der Waals surface area contributed by atoms with Crippen molar-refractivity contribution in [2.75, 3.05) is 27.3 Å². The molecule has 0 saturated carbocycles. The fraction of sp³-hybridized carbons (Fsp3) is 0.857. The van der Waals surface area contributed by atoms with Gasteiger partial charge in [0.05, 0.1) is 6.61 Å². The number of hydrogen-bond acceptors (Lipinski definition) is 5. The third-order valence-electron chi connectivity index (χ3n) is 1.04. The van der Waals surface area contributed by atoms with Gasteiger partial charge in [0.2, 0.25) is 0 Å². The minimum Gasteiger partial charge on any atom is -0.461 e. The first-order chi connectivity index (χ1) is 5.57. The van der Waals surface area contributed by atoms with Gasteiger partial charge in [-0.2, -0.15) is 5.06 Å². The van der Waals surface area contributed by atoms with Crippen LogP contribution >= 0.6 is 0 Å². The standard InChI is InChI=1S/C7H15NO4/c1-6(12-8(2)3)7(10)11-5-4-9/h6,9H,4-5H2,1-3H3. The molecule has 0 rings (SSSR count). The zero-order chi connectivity index (χ0) is 9.56. The molecule has 1 N–H and O–H groups in total. The quantitative estimate of drug-likeness (QED) is 0.449. The number of ether oxygens (including phenoxy) is 1. The molecule has 0 aliphatic rings. The lowest BCUT2D eigenvalue weighted by atomic mass is 10.4. The van der Waals surface area contributed by atoms with E-state index in [-0.39, 0.29) is 13.2 Å². The molecule has 12 heavy (non-hydrogen) atoms. The summed E-state index contributed by atoms with van der Waals surface area (Å²) >= 11 is 0. The van der Waals surface area contributed by atoms with Gasteiger partial charge in [-0.25, -0.2) is 4.79 Å². The molecule has 0 aliphatic heterocycles. The van der Waals surface area contributed by atoms with E-state index in [0.717, 1.165) is 0 Å². The molecular weight excluding hydrogens is 162 g/mol. The smallest absolute Gasteiger partial charge is 0.337 e. The van der Waals surface area contributed by atoms with Gasteiger partial charge < -0.3 is 9.84 Å². The Morgan fingerprint density at radius 3 is 2.58 bits per heavy atom. The summed E-state index contributed by atoms with van der Waals surface area (Å²) in [5.41, 5.74) is 0. The number of aliphatic hydroxyl groups is 1. The van der Waals surface area contributed by atoms with Crippen LogP contribution in [-0.2, 0) is 14.4 Å². The lowest BCUT2D eigenvalue weighted by Gasteiger charge is -2.15. The maximum absolute atomic E-state index is 11.0. The number of nitrogens with zero attached hydrogens (tertiary/aromatic N) is 1. The Labute approximate surface area is 71.8 Å². The Bertz CT molecular complexity index is 137. The predicted molar refractivity (Wildman–Crippen MR) is 42.3 cm³/mol. The number of esters is 1. The van der Waals surface area contributed by atoms with Gasteiger partial charge in [-0.3, -0.25) is 4.84 Å². The van der Waals surface area contributed by atoms with Gasteiger partial charge in [0.25, 0.3) is 0 Å². The average molecular weight is 177 g/mol. The van der Waals surface area contributed by atoms with Crippen LogP contribution in [0.1, 0.15) is 6.92 Å². The molecule has 5 heteroatoms. The average Bonchev–Trinajstić information content (AvgIpc) is 1.98. The van der Waals surface area contributed by atoms with E-state index in [2.05, 4.69) is 4.74 Å². The van der Waals surface area contributed by atoms with Gasteiger partial charge in [-0.1, -0.05) is 0 Å². The van der Waals surface area contributed by atoms with E-state index in [1.807, 2.05) is 0 Å². The van der Waals surface area contributed by atoms with Crippen LogP contribution in [0.25, 0.3) is 0 Å². The molecule has 0 aliphatic carbocycles. The number of rotatable bonds is 5. The van der Waals surface area contributed by atoms with Crippen LogP contribution in [0.2, 0.25) is 0 Å². The Morgan fingerprint density at radius 2 is 2.17 bits per heavy atom. The van der Waals surface area contributed by atoms with Gasteiger partial charge in [0.15, 0.2) is 6.10 Å². The highest BCUT2D eigenvalue weighted by Gasteiger charge is 2.15. The molecular formula is C7H15NO4. The molecule has 0 heterocycles. The Balaban J connectivity index is 3.61. The van der Waals surface area contributed by atoms with E-state index in [0.29, 0.717) is 0 Å². The monoisotopic (exact) mass is 177 g/mol. The Kier molecular flexibility index (Phi) is 5.61. The molecule has 0 amide bonds. The minimum absolute atomic E-state index is 0.0139. The van der Waals surface area contributed by atoms with Crippen LogP contribution < -0.4 is 0 Å². The Hall–Kier alpha value is -0.650. The highest BCUT2D eigenvalue weighted by Crippen LogP contribution is 1.95. The fourth-order valence-electron chi connectivity index (χ4n) is 0.623. The molecule has 1 atom stereocenters. The summed E-state index contributed by atoms with van der Waals surface area (Å²) < 4.78 is 4.61. The van der Waals surface area contributed by atoms with Crippen molar-refractivity contribution >= 4 is 5.97 Å². The third-order valence-corrected chi connectivity index (χ3v) is 1.04. The van der Waals surface area contributed by atoms with Crippen molar-refractivity contribution in [3.05, 3.63) is 0 Å². The summed E-state index contributed by atoms with van der Waals surface area (Å²) in [7, 11) is 3.35. The second-order valence-corrected chi connectivity index (χ2v) is 2.45. The molecule has 0 aromatic carbocycles. The number of carbonyl (C=O) groups excluding carboxylic acids is 1. The normalized spacial score (nSPS) is 13.1. The van der Waals surface area contributed by atoms with Crippen LogP contribution in [-0.4, -0.2) is 49.6 Å². The minimum atomic E-state index is -0.633. The summed E-state index contributed by atoms with van der Waals surface area (Å²) in [6.45, 7) is 1.43. The van der Waals surface area contributed by atoms with Crippen molar-refractivity contribution in [1.82, 2.24) is 5.06 Å². The molecule has 0 bridgehead atoms. The number of aliphatic hydroxyl groups excluding tert-OH is 1. The summed E-state index contributed by atoms with van der Waals surface area (Å²) in [6, 6.07) is 0. The van der Waals surface area contributed by atoms with Crippen LogP contribution in [0.3, 0.4) is 0 Å². The first kappa shape index (κ1) is 11.4. The molecule has 0 aromatic heterocycles. The maximum atomic E-state index is 11.0. The van der Waals surface area contributed by atoms with Crippen molar-refractivity contribution in [2.45, 2.75) is 13.0 Å². The summed E-state index contributed by atoms with van der Waals surface area (Å²) in [6.07, 6.45) is -0.633. The SMILES string of the molecule is CC(ON(C)C)C(=O)OCCO. The van der Waals surface area contributed by atoms with Gasteiger partial charge >= 0.3 is 5.97 Å². The molecule has 5 nitrogen and oxygen atoms in total. The second kappa shape index (κ2) is 5.93. The van der Waals surface area contributed by atoms with Gasteiger partial charge in [0.1, 0.15) is 6.61 Å². The highest BCUT2D eigenvalue weighted by atomic mass is 16.7. The van der Waals surface area contributed by atoms with Crippen molar-refractivity contribution in [3.63, 3.8) is 0 Å². The Morgan fingerprint density at radius 1 is 1.58 bits per heavy atom. The van der Waals surface area contributed by atoms with Crippen LogP contribution in [0.15, 0.2) is 0 Å². The maximum Gasteiger partial charge on any atom is 0.337 e. The molecule has 0 aromatic rings. The number of hydrogen-bond donors (Lipinski definition) is 1. The zero-order valence-corrected chi connectivity index (χ0v) is 7.61. The van der Waals surface area contributed by atoms with Gasteiger partial charge in [-0.15, -0.1) is 0 Å². The lowest BCUT2D eigenvalue weighted by molar-refractivity contribution is -0.192. The van der Waals surface area contributed by atoms with E-state index < -0.39 is 12.1 Å². The largest absolute Gasteiger partial charge is 0.461 e. The van der Waals surface area contributed by atoms with E-state index >= 15 is 0 Å². The van der Waals surface area contributed by atoms with E-state index in [1.165, 1.54) is 5.06 Å². The van der Waals surface area contributed by atoms with Crippen LogP contribution in [0.4, 0.5) is 0 Å². The summed E-state index contributed by atoms with van der Waals surface area (Å²) in [5, 5.41) is 9.77. The molecule has 0 radical (unpaired) electrons. The molecule has 0 spiro atoms. The molecule has 1 unspecified atom stereocenters. The summed E-state index contributed by atoms with van der Waals surface area (Å²) in [4.78, 5) is 15.9. The first-order valence-electron chi connectivity index (χ1n) is 3.69. The van der Waals surface area contributed by atoms with Crippen molar-refractivity contribution in [2.24, 2.45) is 0 Å². The molecule has 0 fully saturated rings. The molecule has 0 saturated heterocycles. The van der Waals surface area contributed by atoms with Crippen molar-refractivity contribution in [1.29, 1.82) is 0 Å². The van der Waals surface area contributed by atoms with Gasteiger partial charge in [0, 0.05) is 14.1 Å². The number of hydroxylamine groups is 2. The van der Waals surface area contributed by atoms with Gasteiger partial charge in [-0.05, 0) is 6.92 Å². The highest BCUT2D eigenvalue weighted by molar-refractivity contribution is 5.74. The van der Waals surface area contributed by atoms with E-state index in [9.17, 15) is 4.79 Å². The first-order valence-corrected chi connectivity index (χ1v) is 3.69. The van der Waals surface area contributed by atoms with Crippen LogP contribution in [0, 0.1) is 0 Å². The summed E-state index contributed by atoms with van der Waals surface area (Å²) in [5.74, 6) is -0.474. The predicted octanol–water partition coefficient (Wildman–Crippen LogP) is -0.596. The fourth-order valence-corrected chi connectivity index (χ4v) is 0.623. The topological polar surface area (TPSA) is 59.0 Å². The zero-order valence-electron chi connectivity index (χ0n) is 7.61. The second-order valence-electron chi connectivity index (χ2n) is 2.45. The van der Waals surface area contributed by atoms with E-state index in [4.69, 9.17) is 9.94 Å². The lowest BCUT2D eigenvalue weighted by Crippen LogP contribution is -2.29.